The summed E-state index contributed by atoms with van der Waals surface area (Å²) < 4.78 is 5.31. The molecular formula is C15H12Cl2N4O. The molecule has 7 heteroatoms. The fourth-order valence-corrected chi connectivity index (χ4v) is 2.44. The van der Waals surface area contributed by atoms with Gasteiger partial charge in [0.15, 0.2) is 11.5 Å². The van der Waals surface area contributed by atoms with E-state index >= 15 is 0 Å². The van der Waals surface area contributed by atoms with E-state index in [2.05, 4.69) is 19.9 Å². The monoisotopic (exact) mass is 334 g/mol. The Morgan fingerprint density at radius 3 is 2.73 bits per heavy atom. The second-order valence-electron chi connectivity index (χ2n) is 4.47. The van der Waals surface area contributed by atoms with E-state index in [1.54, 1.807) is 24.4 Å². The highest BCUT2D eigenvalue weighted by atomic mass is 35.5. The molecule has 0 aliphatic heterocycles. The number of aromatic nitrogens is 4. The number of nitrogens with zero attached hydrogens (tertiary/aromatic N) is 4. The Bertz CT molecular complexity index is 826. The Hall–Kier alpha value is -1.82. The molecule has 0 amide bonds. The van der Waals surface area contributed by atoms with Gasteiger partial charge in [0.1, 0.15) is 17.5 Å². The molecule has 0 N–H and O–H groups in total. The van der Waals surface area contributed by atoms with Crippen LogP contribution < -0.4 is 0 Å². The van der Waals surface area contributed by atoms with Gasteiger partial charge in [0.2, 0.25) is 0 Å². The van der Waals surface area contributed by atoms with Crippen LogP contribution in [0.15, 0.2) is 30.5 Å². The van der Waals surface area contributed by atoms with Crippen LogP contribution in [-0.4, -0.2) is 26.5 Å². The summed E-state index contributed by atoms with van der Waals surface area (Å²) in [7, 11) is 0. The maximum absolute atomic E-state index is 6.18. The molecule has 5 nitrogen and oxygen atoms in total. The van der Waals surface area contributed by atoms with Crippen molar-refractivity contribution in [2.24, 2.45) is 0 Å². The van der Waals surface area contributed by atoms with Crippen molar-refractivity contribution in [2.45, 2.75) is 13.5 Å². The van der Waals surface area contributed by atoms with E-state index in [0.717, 1.165) is 0 Å². The Labute approximate surface area is 137 Å². The van der Waals surface area contributed by atoms with Gasteiger partial charge >= 0.3 is 0 Å². The molecule has 0 radical (unpaired) electrons. The highest BCUT2D eigenvalue weighted by molar-refractivity contribution is 6.34. The molecule has 3 aromatic heterocycles. The van der Waals surface area contributed by atoms with E-state index in [1.807, 2.05) is 13.0 Å². The minimum Gasteiger partial charge on any atom is -0.374 e. The third-order valence-corrected chi connectivity index (χ3v) is 3.59. The number of fused-ring (bicyclic) bond motifs is 1. The molecule has 3 aromatic rings. The Kier molecular flexibility index (Phi) is 4.47. The zero-order valence-electron chi connectivity index (χ0n) is 11.8. The largest absolute Gasteiger partial charge is 0.374 e. The summed E-state index contributed by atoms with van der Waals surface area (Å²) in [6, 6.07) is 7.15. The van der Waals surface area contributed by atoms with Crippen LogP contribution in [0.1, 0.15) is 12.7 Å². The highest BCUT2D eigenvalue weighted by Gasteiger charge is 2.11. The van der Waals surface area contributed by atoms with E-state index in [0.29, 0.717) is 51.6 Å². The molecule has 0 bridgehead atoms. The van der Waals surface area contributed by atoms with Gasteiger partial charge in [-0.25, -0.2) is 15.0 Å². The molecule has 0 saturated carbocycles. The van der Waals surface area contributed by atoms with E-state index in [1.165, 1.54) is 0 Å². The second kappa shape index (κ2) is 6.52. The van der Waals surface area contributed by atoms with Crippen LogP contribution >= 0.6 is 23.2 Å². The lowest BCUT2D eigenvalue weighted by Crippen LogP contribution is -2.01. The molecular weight excluding hydrogens is 323 g/mol. The van der Waals surface area contributed by atoms with Crippen molar-refractivity contribution in [2.75, 3.05) is 6.61 Å². The van der Waals surface area contributed by atoms with Gasteiger partial charge in [-0.2, -0.15) is 0 Å². The van der Waals surface area contributed by atoms with Crippen LogP contribution in [0.5, 0.6) is 0 Å². The van der Waals surface area contributed by atoms with E-state index in [4.69, 9.17) is 27.9 Å². The maximum atomic E-state index is 6.18. The number of rotatable bonds is 4. The minimum absolute atomic E-state index is 0.294. The van der Waals surface area contributed by atoms with Crippen LogP contribution in [0.3, 0.4) is 0 Å². The maximum Gasteiger partial charge on any atom is 0.165 e. The Morgan fingerprint density at radius 1 is 1.09 bits per heavy atom. The van der Waals surface area contributed by atoms with Crippen LogP contribution in [-0.2, 0) is 11.3 Å². The predicted molar refractivity (Wildman–Crippen MR) is 85.9 cm³/mol. The Balaban J connectivity index is 2.10. The minimum atomic E-state index is 0.294. The first-order chi connectivity index (χ1) is 10.7. The van der Waals surface area contributed by atoms with Gasteiger partial charge in [0.25, 0.3) is 0 Å². The summed E-state index contributed by atoms with van der Waals surface area (Å²) >= 11 is 12.3. The first-order valence-electron chi connectivity index (χ1n) is 6.71. The summed E-state index contributed by atoms with van der Waals surface area (Å²) in [6.45, 7) is 2.78. The summed E-state index contributed by atoms with van der Waals surface area (Å²) in [5.74, 6) is 0.496. The third-order valence-electron chi connectivity index (χ3n) is 3.00. The molecule has 0 saturated heterocycles. The summed E-state index contributed by atoms with van der Waals surface area (Å²) in [4.78, 5) is 17.3. The number of hydrogen-bond donors (Lipinski definition) is 0. The van der Waals surface area contributed by atoms with Crippen LogP contribution in [0.2, 0.25) is 10.2 Å². The van der Waals surface area contributed by atoms with Crippen molar-refractivity contribution in [1.29, 1.82) is 0 Å². The van der Waals surface area contributed by atoms with Gasteiger partial charge in [0, 0.05) is 12.8 Å². The van der Waals surface area contributed by atoms with Crippen LogP contribution in [0.4, 0.5) is 0 Å². The number of ether oxygens (including phenoxy) is 1. The van der Waals surface area contributed by atoms with E-state index in [9.17, 15) is 0 Å². The first-order valence-corrected chi connectivity index (χ1v) is 7.46. The molecule has 0 atom stereocenters. The lowest BCUT2D eigenvalue weighted by molar-refractivity contribution is 0.128. The van der Waals surface area contributed by atoms with Crippen LogP contribution in [0.25, 0.3) is 22.4 Å². The second-order valence-corrected chi connectivity index (χ2v) is 5.23. The summed E-state index contributed by atoms with van der Waals surface area (Å²) in [6.07, 6.45) is 1.67. The van der Waals surface area contributed by atoms with E-state index < -0.39 is 0 Å². The standard InChI is InChI=1S/C15H12Cl2N4O/c1-2-22-8-12-20-14(17)9-5-6-11(19-15(9)21-12)13-10(16)4-3-7-18-13/h3-7H,2,8H2,1H3. The van der Waals surface area contributed by atoms with E-state index in [-0.39, 0.29) is 0 Å². The van der Waals surface area contributed by atoms with Gasteiger partial charge in [-0.3, -0.25) is 4.98 Å². The Morgan fingerprint density at radius 2 is 1.95 bits per heavy atom. The normalized spacial score (nSPS) is 11.0. The first kappa shape index (κ1) is 15.1. The molecule has 3 rings (SSSR count). The quantitative estimate of drug-likeness (QED) is 0.676. The number of pyridine rings is 2. The fraction of sp³-hybridized carbons (Fsp3) is 0.200. The lowest BCUT2D eigenvalue weighted by atomic mass is 10.2. The van der Waals surface area contributed by atoms with Crippen LogP contribution in [0, 0.1) is 0 Å². The number of halogens is 2. The fourth-order valence-electron chi connectivity index (χ4n) is 1.98. The SMILES string of the molecule is CCOCc1nc(Cl)c2ccc(-c3ncccc3Cl)nc2n1. The van der Waals surface area contributed by atoms with Crippen molar-refractivity contribution >= 4 is 34.2 Å². The average Bonchev–Trinajstić information content (AvgIpc) is 2.53. The number of hydrogen-bond acceptors (Lipinski definition) is 5. The van der Waals surface area contributed by atoms with Crippen molar-refractivity contribution in [1.82, 2.24) is 19.9 Å². The molecule has 0 unspecified atom stereocenters. The van der Waals surface area contributed by atoms with Crippen molar-refractivity contribution < 1.29 is 4.74 Å². The summed E-state index contributed by atoms with van der Waals surface area (Å²) in [5.41, 5.74) is 1.73. The van der Waals surface area contributed by atoms with Crippen molar-refractivity contribution in [3.63, 3.8) is 0 Å². The van der Waals surface area contributed by atoms with Gasteiger partial charge in [-0.05, 0) is 31.2 Å². The molecule has 0 spiro atoms. The zero-order chi connectivity index (χ0) is 15.5. The zero-order valence-corrected chi connectivity index (χ0v) is 13.3. The average molecular weight is 335 g/mol. The molecule has 0 aliphatic carbocycles. The molecule has 0 aliphatic rings. The topological polar surface area (TPSA) is 60.8 Å². The molecule has 112 valence electrons. The smallest absolute Gasteiger partial charge is 0.165 e. The third kappa shape index (κ3) is 3.02. The molecule has 22 heavy (non-hydrogen) atoms. The predicted octanol–water partition coefficient (Wildman–Crippen LogP) is 3.93. The van der Waals surface area contributed by atoms with Gasteiger partial charge in [0.05, 0.1) is 16.1 Å². The molecule has 0 aromatic carbocycles. The summed E-state index contributed by atoms with van der Waals surface area (Å²) in [5, 5.41) is 1.56. The van der Waals surface area contributed by atoms with Gasteiger partial charge < -0.3 is 4.74 Å². The lowest BCUT2D eigenvalue weighted by Gasteiger charge is -2.06. The van der Waals surface area contributed by atoms with Crippen molar-refractivity contribution in [3.8, 4) is 11.4 Å². The molecule has 0 fully saturated rings. The van der Waals surface area contributed by atoms with Crippen molar-refractivity contribution in [3.05, 3.63) is 46.5 Å². The van der Waals surface area contributed by atoms with Gasteiger partial charge in [-0.15, -0.1) is 0 Å². The highest BCUT2D eigenvalue weighted by Crippen LogP contribution is 2.27. The molecule has 3 heterocycles. The van der Waals surface area contributed by atoms with Gasteiger partial charge in [-0.1, -0.05) is 23.2 Å².